The van der Waals surface area contributed by atoms with Crippen molar-refractivity contribution in [3.05, 3.63) is 28.8 Å². The van der Waals surface area contributed by atoms with E-state index in [1.807, 2.05) is 0 Å². The fourth-order valence-corrected chi connectivity index (χ4v) is 3.81. The molecule has 20 heavy (non-hydrogen) atoms. The second-order valence-electron chi connectivity index (χ2n) is 4.80. The number of rotatable bonds is 4. The highest BCUT2D eigenvalue weighted by Gasteiger charge is 2.46. The van der Waals surface area contributed by atoms with E-state index >= 15 is 0 Å². The zero-order chi connectivity index (χ0) is 15.1. The van der Waals surface area contributed by atoms with Gasteiger partial charge in [-0.15, -0.1) is 0 Å². The molecule has 8 heteroatoms. The van der Waals surface area contributed by atoms with Crippen LogP contribution in [0.25, 0.3) is 0 Å². The van der Waals surface area contributed by atoms with Gasteiger partial charge in [-0.1, -0.05) is 18.5 Å². The molecule has 1 aliphatic heterocycles. The van der Waals surface area contributed by atoms with Crippen LogP contribution in [-0.4, -0.2) is 47.6 Å². The van der Waals surface area contributed by atoms with Crippen LogP contribution in [0.2, 0.25) is 5.02 Å². The lowest BCUT2D eigenvalue weighted by molar-refractivity contribution is -0.0613. The summed E-state index contributed by atoms with van der Waals surface area (Å²) in [6.45, 7) is 1.79. The fraction of sp³-hybridized carbons (Fsp3) is 0.417. The van der Waals surface area contributed by atoms with Crippen molar-refractivity contribution in [3.63, 3.8) is 0 Å². The summed E-state index contributed by atoms with van der Waals surface area (Å²) in [6.07, 6.45) is 0.458. The topological polar surface area (TPSA) is 94.9 Å². The van der Waals surface area contributed by atoms with Crippen molar-refractivity contribution >= 4 is 27.6 Å². The number of β-amino-alcohol motifs (C(OH)–C–C–N with tert-alkyl or cyclic N) is 1. The first-order valence-corrected chi connectivity index (χ1v) is 7.77. The van der Waals surface area contributed by atoms with Gasteiger partial charge in [0.25, 0.3) is 0 Å². The fourth-order valence-electron chi connectivity index (χ4n) is 1.98. The van der Waals surface area contributed by atoms with E-state index in [0.717, 1.165) is 10.4 Å². The molecule has 1 saturated heterocycles. The molecule has 2 N–H and O–H groups in total. The highest BCUT2D eigenvalue weighted by molar-refractivity contribution is 7.89. The Balaban J connectivity index is 2.32. The number of sulfonamides is 1. The quantitative estimate of drug-likeness (QED) is 0.869. The van der Waals surface area contributed by atoms with Gasteiger partial charge in [-0.25, -0.2) is 13.2 Å². The van der Waals surface area contributed by atoms with Crippen LogP contribution >= 0.6 is 11.6 Å². The molecule has 1 heterocycles. The van der Waals surface area contributed by atoms with E-state index < -0.39 is 21.6 Å². The van der Waals surface area contributed by atoms with Gasteiger partial charge >= 0.3 is 5.97 Å². The summed E-state index contributed by atoms with van der Waals surface area (Å²) in [5.74, 6) is -1.29. The van der Waals surface area contributed by atoms with Gasteiger partial charge in [0.15, 0.2) is 0 Å². The molecule has 0 unspecified atom stereocenters. The van der Waals surface area contributed by atoms with E-state index in [2.05, 4.69) is 0 Å². The average Bonchev–Trinajstić information content (AvgIpc) is 2.34. The summed E-state index contributed by atoms with van der Waals surface area (Å²) < 4.78 is 25.7. The van der Waals surface area contributed by atoms with Crippen molar-refractivity contribution in [1.82, 2.24) is 4.31 Å². The molecule has 0 spiro atoms. The summed E-state index contributed by atoms with van der Waals surface area (Å²) in [5.41, 5.74) is -1.26. The van der Waals surface area contributed by atoms with E-state index in [0.29, 0.717) is 6.42 Å². The smallest absolute Gasteiger partial charge is 0.337 e. The first kappa shape index (κ1) is 15.2. The minimum atomic E-state index is -3.80. The van der Waals surface area contributed by atoms with Gasteiger partial charge in [0.2, 0.25) is 10.0 Å². The van der Waals surface area contributed by atoms with Crippen LogP contribution in [-0.2, 0) is 10.0 Å². The predicted octanol–water partition coefficient (Wildman–Crippen LogP) is 1.18. The number of hydrogen-bond acceptors (Lipinski definition) is 4. The van der Waals surface area contributed by atoms with E-state index in [1.165, 1.54) is 12.1 Å². The number of aliphatic hydroxyl groups is 1. The number of carboxylic acids is 1. The molecular weight excluding hydrogens is 306 g/mol. The highest BCUT2D eigenvalue weighted by Crippen LogP contribution is 2.31. The van der Waals surface area contributed by atoms with Gasteiger partial charge in [0.1, 0.15) is 0 Å². The molecular formula is C12H14ClNO5S. The zero-order valence-electron chi connectivity index (χ0n) is 10.7. The summed E-state index contributed by atoms with van der Waals surface area (Å²) in [7, 11) is -3.80. The Morgan fingerprint density at radius 2 is 2.05 bits per heavy atom. The molecule has 0 aliphatic carbocycles. The van der Waals surface area contributed by atoms with Crippen LogP contribution in [0.1, 0.15) is 23.7 Å². The SMILES string of the molecule is CCC1(O)CN(S(=O)(=O)c2ccc(Cl)c(C(=O)O)c2)C1. The Labute approximate surface area is 121 Å². The Hall–Kier alpha value is -1.15. The van der Waals surface area contributed by atoms with Gasteiger partial charge in [-0.3, -0.25) is 0 Å². The maximum absolute atomic E-state index is 12.3. The van der Waals surface area contributed by atoms with Crippen LogP contribution < -0.4 is 0 Å². The molecule has 1 aromatic rings. The number of carboxylic acid groups (broad SMARTS) is 1. The number of nitrogens with zero attached hydrogens (tertiary/aromatic N) is 1. The van der Waals surface area contributed by atoms with E-state index in [1.54, 1.807) is 6.92 Å². The van der Waals surface area contributed by atoms with Crippen molar-refractivity contribution in [1.29, 1.82) is 0 Å². The lowest BCUT2D eigenvalue weighted by Gasteiger charge is -2.44. The molecule has 0 saturated carbocycles. The van der Waals surface area contributed by atoms with E-state index in [9.17, 15) is 18.3 Å². The molecule has 1 aliphatic rings. The van der Waals surface area contributed by atoms with Crippen molar-refractivity contribution in [2.24, 2.45) is 0 Å². The maximum Gasteiger partial charge on any atom is 0.337 e. The third kappa shape index (κ3) is 2.54. The van der Waals surface area contributed by atoms with Crippen LogP contribution in [0.3, 0.4) is 0 Å². The van der Waals surface area contributed by atoms with Gasteiger partial charge in [0, 0.05) is 13.1 Å². The maximum atomic E-state index is 12.3. The van der Waals surface area contributed by atoms with E-state index in [4.69, 9.17) is 16.7 Å². The Morgan fingerprint density at radius 3 is 2.55 bits per heavy atom. The third-order valence-corrected chi connectivity index (χ3v) is 5.52. The molecule has 2 rings (SSSR count). The van der Waals surface area contributed by atoms with Crippen LogP contribution in [0.5, 0.6) is 0 Å². The molecule has 0 aromatic heterocycles. The Morgan fingerprint density at radius 1 is 1.45 bits per heavy atom. The molecule has 1 fully saturated rings. The van der Waals surface area contributed by atoms with Gasteiger partial charge in [0.05, 0.1) is 21.1 Å². The number of carbonyl (C=O) groups is 1. The first-order chi connectivity index (χ1) is 9.19. The van der Waals surface area contributed by atoms with Crippen LogP contribution in [0.15, 0.2) is 23.1 Å². The zero-order valence-corrected chi connectivity index (χ0v) is 12.3. The van der Waals surface area contributed by atoms with Crippen molar-refractivity contribution < 1.29 is 23.4 Å². The first-order valence-electron chi connectivity index (χ1n) is 5.95. The number of aromatic carboxylic acids is 1. The molecule has 0 amide bonds. The molecule has 0 atom stereocenters. The Bertz CT molecular complexity index is 652. The second kappa shape index (κ2) is 5.00. The average molecular weight is 320 g/mol. The van der Waals surface area contributed by atoms with Crippen molar-refractivity contribution in [2.45, 2.75) is 23.8 Å². The normalized spacial score (nSPS) is 18.6. The van der Waals surface area contributed by atoms with Crippen LogP contribution in [0.4, 0.5) is 0 Å². The van der Waals surface area contributed by atoms with Crippen molar-refractivity contribution in [3.8, 4) is 0 Å². The lowest BCUT2D eigenvalue weighted by atomic mass is 9.94. The predicted molar refractivity (Wildman–Crippen MR) is 72.4 cm³/mol. The number of hydrogen-bond donors (Lipinski definition) is 2. The molecule has 0 bridgehead atoms. The summed E-state index contributed by atoms with van der Waals surface area (Å²) in [4.78, 5) is 10.8. The standard InChI is InChI=1S/C12H14ClNO5S/c1-2-12(17)6-14(7-12)20(18,19)8-3-4-10(13)9(5-8)11(15)16/h3-5,17H,2,6-7H2,1H3,(H,15,16). The minimum absolute atomic E-state index is 0.0108. The third-order valence-electron chi connectivity index (χ3n) is 3.41. The molecule has 110 valence electrons. The number of halogens is 1. The van der Waals surface area contributed by atoms with Crippen LogP contribution in [0, 0.1) is 0 Å². The summed E-state index contributed by atoms with van der Waals surface area (Å²) >= 11 is 5.71. The monoisotopic (exact) mass is 319 g/mol. The summed E-state index contributed by atoms with van der Waals surface area (Å²) in [5, 5.41) is 18.8. The minimum Gasteiger partial charge on any atom is -0.478 e. The Kier molecular flexibility index (Phi) is 3.81. The van der Waals surface area contributed by atoms with E-state index in [-0.39, 0.29) is 28.6 Å². The molecule has 1 aromatic carbocycles. The largest absolute Gasteiger partial charge is 0.478 e. The lowest BCUT2D eigenvalue weighted by Crippen LogP contribution is -2.62. The number of benzene rings is 1. The van der Waals surface area contributed by atoms with Crippen molar-refractivity contribution in [2.75, 3.05) is 13.1 Å². The summed E-state index contributed by atoms with van der Waals surface area (Å²) in [6, 6.07) is 3.53. The van der Waals surface area contributed by atoms with Gasteiger partial charge in [-0.2, -0.15) is 4.31 Å². The van der Waals surface area contributed by atoms with Gasteiger partial charge in [-0.05, 0) is 24.6 Å². The second-order valence-corrected chi connectivity index (χ2v) is 7.14. The molecule has 6 nitrogen and oxygen atoms in total. The molecule has 0 radical (unpaired) electrons. The van der Waals surface area contributed by atoms with Gasteiger partial charge < -0.3 is 10.2 Å². The highest BCUT2D eigenvalue weighted by atomic mass is 35.5.